The van der Waals surface area contributed by atoms with E-state index in [1.165, 1.54) is 5.56 Å². The average Bonchev–Trinajstić information content (AvgIpc) is 2.69. The SMILES string of the molecule is CC(C)c1ccc(N/C=C/C(=O)c2ccc(-c3ccccc3)cc2)cc1. The van der Waals surface area contributed by atoms with Crippen molar-refractivity contribution >= 4 is 11.5 Å². The van der Waals surface area contributed by atoms with Gasteiger partial charge in [-0.2, -0.15) is 0 Å². The van der Waals surface area contributed by atoms with Gasteiger partial charge in [0.05, 0.1) is 0 Å². The van der Waals surface area contributed by atoms with Crippen LogP contribution in [0.3, 0.4) is 0 Å². The second kappa shape index (κ2) is 8.30. The Morgan fingerprint density at radius 1 is 0.808 bits per heavy atom. The fraction of sp³-hybridized carbons (Fsp3) is 0.125. The monoisotopic (exact) mass is 341 g/mol. The number of anilines is 1. The van der Waals surface area contributed by atoms with Gasteiger partial charge >= 0.3 is 0 Å². The van der Waals surface area contributed by atoms with Gasteiger partial charge < -0.3 is 5.32 Å². The van der Waals surface area contributed by atoms with Crippen molar-refractivity contribution in [2.45, 2.75) is 19.8 Å². The van der Waals surface area contributed by atoms with E-state index in [1.807, 2.05) is 54.6 Å². The number of ketones is 1. The lowest BCUT2D eigenvalue weighted by Gasteiger charge is -2.06. The number of nitrogens with one attached hydrogen (secondary N) is 1. The molecule has 2 nitrogen and oxygen atoms in total. The molecule has 0 bridgehead atoms. The van der Waals surface area contributed by atoms with Crippen LogP contribution in [0.15, 0.2) is 91.1 Å². The maximum atomic E-state index is 12.3. The number of benzene rings is 3. The Hall–Kier alpha value is -3.13. The smallest absolute Gasteiger partial charge is 0.187 e. The van der Waals surface area contributed by atoms with Crippen molar-refractivity contribution in [1.29, 1.82) is 0 Å². The van der Waals surface area contributed by atoms with E-state index in [9.17, 15) is 4.79 Å². The zero-order valence-electron chi connectivity index (χ0n) is 15.1. The molecule has 0 heterocycles. The van der Waals surface area contributed by atoms with Crippen LogP contribution >= 0.6 is 0 Å². The Bertz CT molecular complexity index is 876. The molecular formula is C24H23NO. The molecule has 1 N–H and O–H groups in total. The van der Waals surface area contributed by atoms with E-state index >= 15 is 0 Å². The van der Waals surface area contributed by atoms with E-state index in [0.29, 0.717) is 11.5 Å². The fourth-order valence-electron chi connectivity index (χ4n) is 2.73. The van der Waals surface area contributed by atoms with E-state index in [4.69, 9.17) is 0 Å². The molecule has 0 aliphatic heterocycles. The van der Waals surface area contributed by atoms with Crippen molar-refractivity contribution in [1.82, 2.24) is 0 Å². The highest BCUT2D eigenvalue weighted by Crippen LogP contribution is 2.20. The van der Waals surface area contributed by atoms with E-state index in [1.54, 1.807) is 12.3 Å². The van der Waals surface area contributed by atoms with Gasteiger partial charge in [-0.1, -0.05) is 80.6 Å². The molecule has 0 aliphatic carbocycles. The molecule has 0 aromatic heterocycles. The van der Waals surface area contributed by atoms with Crippen LogP contribution in [0, 0.1) is 0 Å². The van der Waals surface area contributed by atoms with Gasteiger partial charge in [0.25, 0.3) is 0 Å². The number of carbonyl (C=O) groups excluding carboxylic acids is 1. The highest BCUT2D eigenvalue weighted by atomic mass is 16.1. The molecule has 0 radical (unpaired) electrons. The molecule has 3 aromatic rings. The lowest BCUT2D eigenvalue weighted by atomic mass is 10.0. The Labute approximate surface area is 155 Å². The van der Waals surface area contributed by atoms with E-state index in [-0.39, 0.29) is 5.78 Å². The maximum Gasteiger partial charge on any atom is 0.187 e. The van der Waals surface area contributed by atoms with Crippen LogP contribution in [0.5, 0.6) is 0 Å². The Balaban J connectivity index is 1.61. The van der Waals surface area contributed by atoms with Gasteiger partial charge in [0.15, 0.2) is 5.78 Å². The summed E-state index contributed by atoms with van der Waals surface area (Å²) in [6.45, 7) is 4.34. The average molecular weight is 341 g/mol. The van der Waals surface area contributed by atoms with Crippen LogP contribution in [0.2, 0.25) is 0 Å². The van der Waals surface area contributed by atoms with Crippen LogP contribution in [0.4, 0.5) is 5.69 Å². The summed E-state index contributed by atoms with van der Waals surface area (Å²) in [4.78, 5) is 12.3. The first-order valence-corrected chi connectivity index (χ1v) is 8.86. The summed E-state index contributed by atoms with van der Waals surface area (Å²) in [5.41, 5.74) is 5.20. The zero-order valence-corrected chi connectivity index (χ0v) is 15.1. The van der Waals surface area contributed by atoms with Gasteiger partial charge in [-0.3, -0.25) is 4.79 Å². The predicted molar refractivity (Wildman–Crippen MR) is 110 cm³/mol. The highest BCUT2D eigenvalue weighted by Gasteiger charge is 2.03. The summed E-state index contributed by atoms with van der Waals surface area (Å²) in [6.07, 6.45) is 3.26. The number of rotatable bonds is 6. The summed E-state index contributed by atoms with van der Waals surface area (Å²) in [5, 5.41) is 3.15. The largest absolute Gasteiger partial charge is 0.362 e. The van der Waals surface area contributed by atoms with Crippen LogP contribution < -0.4 is 5.32 Å². The van der Waals surface area contributed by atoms with Crippen molar-refractivity contribution in [3.63, 3.8) is 0 Å². The van der Waals surface area contributed by atoms with Gasteiger partial charge in [-0.25, -0.2) is 0 Å². The van der Waals surface area contributed by atoms with Crippen LogP contribution in [0.25, 0.3) is 11.1 Å². The standard InChI is InChI=1S/C24H23NO/c1-18(2)19-12-14-23(15-13-19)25-17-16-24(26)22-10-8-21(9-11-22)20-6-4-3-5-7-20/h3-18,25H,1-2H3/b17-16+. The third kappa shape index (κ3) is 4.48. The number of carbonyl (C=O) groups is 1. The quantitative estimate of drug-likeness (QED) is 0.422. The van der Waals surface area contributed by atoms with Crippen molar-refractivity contribution in [3.8, 4) is 11.1 Å². The van der Waals surface area contributed by atoms with Crippen LogP contribution in [0.1, 0.15) is 35.7 Å². The van der Waals surface area contributed by atoms with Crippen molar-refractivity contribution in [3.05, 3.63) is 102 Å². The minimum atomic E-state index is -0.0177. The number of allylic oxidation sites excluding steroid dienone is 1. The lowest BCUT2D eigenvalue weighted by molar-refractivity contribution is 0.104. The van der Waals surface area contributed by atoms with Crippen molar-refractivity contribution in [2.75, 3.05) is 5.32 Å². The molecule has 3 rings (SSSR count). The summed E-state index contributed by atoms with van der Waals surface area (Å²) < 4.78 is 0. The molecule has 2 heteroatoms. The molecule has 26 heavy (non-hydrogen) atoms. The fourth-order valence-corrected chi connectivity index (χ4v) is 2.73. The molecule has 3 aromatic carbocycles. The third-order valence-corrected chi connectivity index (χ3v) is 4.34. The predicted octanol–water partition coefficient (Wildman–Crippen LogP) is 6.29. The second-order valence-electron chi connectivity index (χ2n) is 6.56. The van der Waals surface area contributed by atoms with E-state index < -0.39 is 0 Å². The number of hydrogen-bond acceptors (Lipinski definition) is 2. The summed E-state index contributed by atoms with van der Waals surface area (Å²) in [6, 6.07) is 26.1. The summed E-state index contributed by atoms with van der Waals surface area (Å²) in [5.74, 6) is 0.496. The third-order valence-electron chi connectivity index (χ3n) is 4.34. The molecule has 0 saturated heterocycles. The summed E-state index contributed by atoms with van der Waals surface area (Å²) >= 11 is 0. The van der Waals surface area contributed by atoms with Crippen LogP contribution in [-0.2, 0) is 0 Å². The van der Waals surface area contributed by atoms with Gasteiger partial charge in [0.1, 0.15) is 0 Å². The normalized spacial score (nSPS) is 11.0. The van der Waals surface area contributed by atoms with Crippen molar-refractivity contribution in [2.24, 2.45) is 0 Å². The molecule has 0 unspecified atom stereocenters. The first-order chi connectivity index (χ1) is 12.6. The van der Waals surface area contributed by atoms with Crippen molar-refractivity contribution < 1.29 is 4.79 Å². The van der Waals surface area contributed by atoms with E-state index in [0.717, 1.165) is 16.8 Å². The lowest BCUT2D eigenvalue weighted by Crippen LogP contribution is -1.96. The topological polar surface area (TPSA) is 29.1 Å². The molecule has 0 atom stereocenters. The number of hydrogen-bond donors (Lipinski definition) is 1. The summed E-state index contributed by atoms with van der Waals surface area (Å²) in [7, 11) is 0. The van der Waals surface area contributed by atoms with Gasteiger partial charge in [0.2, 0.25) is 0 Å². The van der Waals surface area contributed by atoms with Crippen LogP contribution in [-0.4, -0.2) is 5.78 Å². The Morgan fingerprint density at radius 3 is 2.04 bits per heavy atom. The molecule has 0 aliphatic rings. The maximum absolute atomic E-state index is 12.3. The molecular weight excluding hydrogens is 318 g/mol. The van der Waals surface area contributed by atoms with Gasteiger partial charge in [-0.15, -0.1) is 0 Å². The zero-order chi connectivity index (χ0) is 18.4. The highest BCUT2D eigenvalue weighted by molar-refractivity contribution is 6.04. The first kappa shape index (κ1) is 17.7. The second-order valence-corrected chi connectivity index (χ2v) is 6.56. The molecule has 0 spiro atoms. The minimum absolute atomic E-state index is 0.0177. The Kier molecular flexibility index (Phi) is 5.65. The molecule has 0 fully saturated rings. The Morgan fingerprint density at radius 2 is 1.42 bits per heavy atom. The molecule has 0 saturated carbocycles. The molecule has 0 amide bonds. The van der Waals surface area contributed by atoms with Gasteiger partial charge in [-0.05, 0) is 34.7 Å². The molecule has 130 valence electrons. The first-order valence-electron chi connectivity index (χ1n) is 8.86. The van der Waals surface area contributed by atoms with E-state index in [2.05, 4.69) is 43.4 Å². The van der Waals surface area contributed by atoms with Gasteiger partial charge in [0, 0.05) is 23.5 Å². The minimum Gasteiger partial charge on any atom is -0.362 e.